The van der Waals surface area contributed by atoms with E-state index in [1.165, 1.54) is 19.9 Å². The average Bonchev–Trinajstić information content (AvgIpc) is 3.43. The fraction of sp³-hybridized carbons (Fsp3) is 0.269. The number of carbonyl (C=O) groups is 1. The molecule has 0 aliphatic heterocycles. The summed E-state index contributed by atoms with van der Waals surface area (Å²) in [6.07, 6.45) is 6.94. The van der Waals surface area contributed by atoms with Crippen LogP contribution < -0.4 is 21.7 Å². The zero-order valence-corrected chi connectivity index (χ0v) is 22.4. The van der Waals surface area contributed by atoms with E-state index in [2.05, 4.69) is 32.6 Å². The van der Waals surface area contributed by atoms with E-state index in [0.29, 0.717) is 24.6 Å². The Balaban J connectivity index is 1.70. The third kappa shape index (κ3) is 7.34. The van der Waals surface area contributed by atoms with E-state index >= 15 is 0 Å². The van der Waals surface area contributed by atoms with E-state index in [1.807, 2.05) is 13.2 Å². The standard InChI is InChI=1S/C26H31F2N7O2S/c1-15(11-31-12-16-13-33-35(5)14-16)32-7-6-22(30-4)34-25-18(24(29)36)10-21(38-25)23-19(27)8-17(9-20(23)28)26(2,3)37/h6-10,13-14,31-32,37H,1,11-12H2,2-5H3,(H2,29,36)(H,30,34). The van der Waals surface area contributed by atoms with Crippen LogP contribution in [0, 0.1) is 11.6 Å². The molecular weight excluding hydrogens is 512 g/mol. The minimum Gasteiger partial charge on any atom is -0.386 e. The number of hydrogen-bond acceptors (Lipinski definition) is 7. The first kappa shape index (κ1) is 28.7. The number of carbonyl (C=O) groups excluding carboxylic acids is 1. The van der Waals surface area contributed by atoms with Gasteiger partial charge < -0.3 is 26.8 Å². The number of halogens is 2. The van der Waals surface area contributed by atoms with Gasteiger partial charge in [-0.2, -0.15) is 5.10 Å². The number of amidine groups is 1. The molecule has 0 saturated carbocycles. The smallest absolute Gasteiger partial charge is 0.251 e. The van der Waals surface area contributed by atoms with Crippen molar-refractivity contribution < 1.29 is 18.7 Å². The quantitative estimate of drug-likeness (QED) is 0.186. The summed E-state index contributed by atoms with van der Waals surface area (Å²) in [5.74, 6) is -2.14. The van der Waals surface area contributed by atoms with Crippen LogP contribution in [0.1, 0.15) is 35.3 Å². The van der Waals surface area contributed by atoms with Crippen molar-refractivity contribution in [1.29, 1.82) is 0 Å². The predicted molar refractivity (Wildman–Crippen MR) is 147 cm³/mol. The number of anilines is 1. The van der Waals surface area contributed by atoms with Gasteiger partial charge in [-0.3, -0.25) is 14.5 Å². The molecule has 2 aromatic heterocycles. The van der Waals surface area contributed by atoms with Gasteiger partial charge in [0, 0.05) is 55.7 Å². The van der Waals surface area contributed by atoms with Gasteiger partial charge in [0.15, 0.2) is 0 Å². The number of nitrogens with one attached hydrogen (secondary N) is 3. The Morgan fingerprint density at radius 2 is 2.00 bits per heavy atom. The Bertz CT molecular complexity index is 1360. The molecule has 0 saturated heterocycles. The summed E-state index contributed by atoms with van der Waals surface area (Å²) < 4.78 is 31.5. The SMILES string of the molecule is C=C(CNCc1cnn(C)c1)NC=CC(=NC)Nc1sc(-c2c(F)cc(C(C)(C)O)cc2F)cc1C(N)=O. The summed E-state index contributed by atoms with van der Waals surface area (Å²) in [6, 6.07) is 3.47. The fourth-order valence-electron chi connectivity index (χ4n) is 3.45. The molecule has 12 heteroatoms. The number of primary amides is 1. The van der Waals surface area contributed by atoms with E-state index < -0.39 is 23.1 Å². The van der Waals surface area contributed by atoms with Gasteiger partial charge in [0.2, 0.25) is 0 Å². The highest BCUT2D eigenvalue weighted by Crippen LogP contribution is 2.39. The molecule has 202 valence electrons. The number of rotatable bonds is 11. The van der Waals surface area contributed by atoms with Crippen molar-refractivity contribution in [2.24, 2.45) is 17.8 Å². The second-order valence-corrected chi connectivity index (χ2v) is 10.1. The molecule has 3 aromatic rings. The van der Waals surface area contributed by atoms with Crippen molar-refractivity contribution in [1.82, 2.24) is 20.4 Å². The van der Waals surface area contributed by atoms with E-state index in [-0.39, 0.29) is 26.6 Å². The molecule has 0 bridgehead atoms. The monoisotopic (exact) mass is 543 g/mol. The Morgan fingerprint density at radius 1 is 1.32 bits per heavy atom. The van der Waals surface area contributed by atoms with Gasteiger partial charge in [0.25, 0.3) is 5.91 Å². The predicted octanol–water partition coefficient (Wildman–Crippen LogP) is 3.60. The zero-order valence-electron chi connectivity index (χ0n) is 21.6. The van der Waals surface area contributed by atoms with Crippen LogP contribution in [-0.2, 0) is 19.2 Å². The maximum atomic E-state index is 14.9. The lowest BCUT2D eigenvalue weighted by molar-refractivity contribution is 0.0778. The van der Waals surface area contributed by atoms with Crippen LogP contribution in [0.3, 0.4) is 0 Å². The van der Waals surface area contributed by atoms with E-state index in [0.717, 1.165) is 29.0 Å². The third-order valence-electron chi connectivity index (χ3n) is 5.43. The van der Waals surface area contributed by atoms with E-state index in [4.69, 9.17) is 5.73 Å². The third-order valence-corrected chi connectivity index (χ3v) is 6.50. The zero-order chi connectivity index (χ0) is 28.0. The summed E-state index contributed by atoms with van der Waals surface area (Å²) in [5, 5.41) is 23.8. The molecule has 0 aliphatic rings. The maximum Gasteiger partial charge on any atom is 0.251 e. The Kier molecular flexibility index (Phi) is 9.15. The number of aliphatic imine (C=N–C) groups is 1. The van der Waals surface area contributed by atoms with Crippen molar-refractivity contribution in [2.75, 3.05) is 18.9 Å². The largest absolute Gasteiger partial charge is 0.386 e. The molecule has 0 radical (unpaired) electrons. The molecule has 38 heavy (non-hydrogen) atoms. The molecule has 0 aliphatic carbocycles. The molecule has 9 nitrogen and oxygen atoms in total. The van der Waals surface area contributed by atoms with Crippen LogP contribution in [0.4, 0.5) is 13.8 Å². The lowest BCUT2D eigenvalue weighted by Crippen LogP contribution is -2.22. The number of hydrogen-bond donors (Lipinski definition) is 5. The molecule has 3 rings (SSSR count). The second-order valence-electron chi connectivity index (χ2n) is 9.03. The number of aliphatic hydroxyl groups is 1. The summed E-state index contributed by atoms with van der Waals surface area (Å²) >= 11 is 0.953. The molecule has 1 amide bonds. The molecule has 6 N–H and O–H groups in total. The van der Waals surface area contributed by atoms with Crippen LogP contribution in [-0.4, -0.2) is 40.2 Å². The number of aromatic nitrogens is 2. The number of aryl methyl sites for hydroxylation is 1. The molecule has 0 fully saturated rings. The van der Waals surface area contributed by atoms with Gasteiger partial charge in [-0.15, -0.1) is 11.3 Å². The molecule has 0 atom stereocenters. The van der Waals surface area contributed by atoms with Gasteiger partial charge in [0.1, 0.15) is 22.5 Å². The van der Waals surface area contributed by atoms with Gasteiger partial charge in [-0.1, -0.05) is 6.58 Å². The van der Waals surface area contributed by atoms with Gasteiger partial charge >= 0.3 is 0 Å². The highest BCUT2D eigenvalue weighted by Gasteiger charge is 2.24. The highest BCUT2D eigenvalue weighted by molar-refractivity contribution is 7.20. The second kappa shape index (κ2) is 12.1. The van der Waals surface area contributed by atoms with Crippen LogP contribution in [0.5, 0.6) is 0 Å². The Hall–Kier alpha value is -3.87. The minimum atomic E-state index is -1.42. The number of nitrogens with two attached hydrogens (primary N) is 1. The number of thiophene rings is 1. The van der Waals surface area contributed by atoms with Crippen LogP contribution in [0.25, 0.3) is 10.4 Å². The molecule has 0 unspecified atom stereocenters. The Morgan fingerprint density at radius 3 is 2.55 bits per heavy atom. The van der Waals surface area contributed by atoms with Crippen molar-refractivity contribution >= 4 is 28.1 Å². The van der Waals surface area contributed by atoms with E-state index in [1.54, 1.807) is 30.2 Å². The summed E-state index contributed by atoms with van der Waals surface area (Å²) in [5.41, 5.74) is 5.69. The Labute approximate surface area is 223 Å². The van der Waals surface area contributed by atoms with Crippen LogP contribution in [0.2, 0.25) is 0 Å². The summed E-state index contributed by atoms with van der Waals surface area (Å²) in [4.78, 5) is 16.4. The van der Waals surface area contributed by atoms with Crippen molar-refractivity contribution in [3.8, 4) is 10.4 Å². The first-order valence-corrected chi connectivity index (χ1v) is 12.4. The van der Waals surface area contributed by atoms with E-state index in [9.17, 15) is 18.7 Å². The van der Waals surface area contributed by atoms with Gasteiger partial charge in [-0.25, -0.2) is 8.78 Å². The molecule has 0 spiro atoms. The minimum absolute atomic E-state index is 0.0573. The maximum absolute atomic E-state index is 14.9. The number of benzene rings is 1. The lowest BCUT2D eigenvalue weighted by atomic mass is 9.96. The highest BCUT2D eigenvalue weighted by atomic mass is 32.1. The topological polar surface area (TPSA) is 130 Å². The molecular formula is C26H31F2N7O2S. The van der Waals surface area contributed by atoms with Crippen LogP contribution >= 0.6 is 11.3 Å². The van der Waals surface area contributed by atoms with Gasteiger partial charge in [-0.05, 0) is 43.7 Å². The number of nitrogens with zero attached hydrogens (tertiary/aromatic N) is 3. The van der Waals surface area contributed by atoms with Crippen LogP contribution in [0.15, 0.2) is 60.1 Å². The fourth-order valence-corrected chi connectivity index (χ4v) is 4.57. The summed E-state index contributed by atoms with van der Waals surface area (Å²) in [6.45, 7) is 7.97. The summed E-state index contributed by atoms with van der Waals surface area (Å²) in [7, 11) is 3.40. The average molecular weight is 544 g/mol. The number of amides is 1. The van der Waals surface area contributed by atoms with Crippen molar-refractivity contribution in [2.45, 2.75) is 26.0 Å². The first-order valence-electron chi connectivity index (χ1n) is 11.6. The lowest BCUT2D eigenvalue weighted by Gasteiger charge is -2.18. The van der Waals surface area contributed by atoms with Gasteiger partial charge in [0.05, 0.1) is 22.9 Å². The normalized spacial score (nSPS) is 12.2. The first-order chi connectivity index (χ1) is 17.9. The molecule has 1 aromatic carbocycles. The van der Waals surface area contributed by atoms with Crippen molar-refractivity contribution in [3.63, 3.8) is 0 Å². The van der Waals surface area contributed by atoms with Crippen molar-refractivity contribution in [3.05, 3.63) is 83.5 Å². The molecule has 2 heterocycles.